The van der Waals surface area contributed by atoms with Gasteiger partial charge in [-0.25, -0.2) is 0 Å². The largest absolute Gasteiger partial charge is 0.573 e. The Labute approximate surface area is 110 Å². The van der Waals surface area contributed by atoms with Gasteiger partial charge in [-0.05, 0) is 18.2 Å². The quantitative estimate of drug-likeness (QED) is 0.909. The molecule has 0 aliphatic heterocycles. The van der Waals surface area contributed by atoms with Crippen LogP contribution in [-0.4, -0.2) is 16.8 Å². The topological polar surface area (TPSA) is 74.3 Å². The lowest BCUT2D eigenvalue weighted by molar-refractivity contribution is -0.274. The minimum absolute atomic E-state index is 0.0782. The number of benzene rings is 1. The highest BCUT2D eigenvalue weighted by atomic mass is 19.4. The SMILES string of the molecule is Cn1cc(C(N)=O)c(=O)c2cc(OC(F)(F)F)ccc21. The number of amides is 1. The van der Waals surface area contributed by atoms with Crippen LogP contribution < -0.4 is 15.9 Å². The van der Waals surface area contributed by atoms with Crippen LogP contribution in [0.15, 0.2) is 29.2 Å². The molecule has 0 spiro atoms. The minimum Gasteiger partial charge on any atom is -0.406 e. The molecule has 1 aromatic carbocycles. The van der Waals surface area contributed by atoms with Gasteiger partial charge in [0.05, 0.1) is 10.9 Å². The number of aryl methyl sites for hydroxylation is 1. The number of carbonyl (C=O) groups is 1. The zero-order chi connectivity index (χ0) is 15.1. The van der Waals surface area contributed by atoms with Crippen LogP contribution in [0.25, 0.3) is 10.9 Å². The summed E-state index contributed by atoms with van der Waals surface area (Å²) in [6.07, 6.45) is -3.63. The molecule has 106 valence electrons. The van der Waals surface area contributed by atoms with Crippen molar-refractivity contribution in [2.24, 2.45) is 12.8 Å². The van der Waals surface area contributed by atoms with E-state index in [1.54, 1.807) is 7.05 Å². The third kappa shape index (κ3) is 2.58. The maximum atomic E-state index is 12.1. The zero-order valence-corrected chi connectivity index (χ0v) is 10.2. The average molecular weight is 286 g/mol. The van der Waals surface area contributed by atoms with Crippen molar-refractivity contribution in [1.82, 2.24) is 4.57 Å². The fraction of sp³-hybridized carbons (Fsp3) is 0.167. The van der Waals surface area contributed by atoms with E-state index in [9.17, 15) is 22.8 Å². The van der Waals surface area contributed by atoms with Crippen molar-refractivity contribution in [2.45, 2.75) is 6.36 Å². The molecular weight excluding hydrogens is 277 g/mol. The number of nitrogens with zero attached hydrogens (tertiary/aromatic N) is 1. The second kappa shape index (κ2) is 4.55. The number of fused-ring (bicyclic) bond motifs is 1. The highest BCUT2D eigenvalue weighted by Gasteiger charge is 2.31. The van der Waals surface area contributed by atoms with Crippen LogP contribution in [0, 0.1) is 0 Å². The summed E-state index contributed by atoms with van der Waals surface area (Å²) in [4.78, 5) is 23.1. The van der Waals surface area contributed by atoms with E-state index in [0.717, 1.165) is 12.1 Å². The van der Waals surface area contributed by atoms with E-state index < -0.39 is 23.4 Å². The summed E-state index contributed by atoms with van der Waals surface area (Å²) in [6.45, 7) is 0. The van der Waals surface area contributed by atoms with E-state index in [1.165, 1.54) is 16.8 Å². The zero-order valence-electron chi connectivity index (χ0n) is 10.2. The molecule has 0 aliphatic rings. The monoisotopic (exact) mass is 286 g/mol. The van der Waals surface area contributed by atoms with Gasteiger partial charge in [0.2, 0.25) is 5.43 Å². The van der Waals surface area contributed by atoms with E-state index >= 15 is 0 Å². The maximum Gasteiger partial charge on any atom is 0.573 e. The number of ether oxygens (including phenoxy) is 1. The molecule has 8 heteroatoms. The van der Waals surface area contributed by atoms with Gasteiger partial charge < -0.3 is 15.0 Å². The number of hydrogen-bond acceptors (Lipinski definition) is 3. The second-order valence-corrected chi connectivity index (χ2v) is 4.07. The first-order chi connectivity index (χ1) is 9.19. The Morgan fingerprint density at radius 3 is 2.55 bits per heavy atom. The smallest absolute Gasteiger partial charge is 0.406 e. The molecule has 0 radical (unpaired) electrons. The van der Waals surface area contributed by atoms with Gasteiger partial charge in [0.15, 0.2) is 0 Å². The van der Waals surface area contributed by atoms with Crippen molar-refractivity contribution in [3.05, 3.63) is 40.2 Å². The van der Waals surface area contributed by atoms with Crippen LogP contribution in [-0.2, 0) is 7.05 Å². The number of hydrogen-bond donors (Lipinski definition) is 1. The van der Waals surface area contributed by atoms with Crippen molar-refractivity contribution < 1.29 is 22.7 Å². The van der Waals surface area contributed by atoms with Crippen molar-refractivity contribution in [3.63, 3.8) is 0 Å². The standard InChI is InChI=1S/C12H9F3N2O3/c1-17-5-8(11(16)19)10(18)7-4-6(2-3-9(7)17)20-12(13,14)15/h2-5H,1H3,(H2,16,19). The van der Waals surface area contributed by atoms with Gasteiger partial charge in [-0.15, -0.1) is 13.2 Å². The Hall–Kier alpha value is -2.51. The molecule has 0 unspecified atom stereocenters. The van der Waals surface area contributed by atoms with E-state index in [4.69, 9.17) is 5.73 Å². The molecule has 0 saturated carbocycles. The third-order valence-electron chi connectivity index (χ3n) is 2.66. The number of nitrogens with two attached hydrogens (primary N) is 1. The number of aromatic nitrogens is 1. The Balaban J connectivity index is 2.70. The van der Waals surface area contributed by atoms with Gasteiger partial charge in [0.1, 0.15) is 11.3 Å². The van der Waals surface area contributed by atoms with E-state index in [-0.39, 0.29) is 10.9 Å². The third-order valence-corrected chi connectivity index (χ3v) is 2.66. The first kappa shape index (κ1) is 13.9. The molecule has 2 N–H and O–H groups in total. The lowest BCUT2D eigenvalue weighted by Gasteiger charge is -2.11. The van der Waals surface area contributed by atoms with E-state index in [1.807, 2.05) is 0 Å². The normalized spacial score (nSPS) is 11.6. The molecule has 0 bridgehead atoms. The van der Waals surface area contributed by atoms with E-state index in [0.29, 0.717) is 5.52 Å². The van der Waals surface area contributed by atoms with Gasteiger partial charge in [-0.2, -0.15) is 0 Å². The lowest BCUT2D eigenvalue weighted by atomic mass is 10.1. The molecule has 1 amide bonds. The van der Waals surface area contributed by atoms with Crippen molar-refractivity contribution in [3.8, 4) is 5.75 Å². The summed E-state index contributed by atoms with van der Waals surface area (Å²) < 4.78 is 41.6. The van der Waals surface area contributed by atoms with Crippen LogP contribution in [0.2, 0.25) is 0 Å². The Morgan fingerprint density at radius 2 is 2.00 bits per heavy atom. The summed E-state index contributed by atoms with van der Waals surface area (Å²) in [6, 6.07) is 3.30. The van der Waals surface area contributed by atoms with Crippen LogP contribution in [0.1, 0.15) is 10.4 Å². The summed E-state index contributed by atoms with van der Waals surface area (Å²) in [5.74, 6) is -1.49. The number of pyridine rings is 1. The number of rotatable bonds is 2. The minimum atomic E-state index is -4.86. The Kier molecular flexibility index (Phi) is 3.16. The molecule has 2 rings (SSSR count). The predicted molar refractivity (Wildman–Crippen MR) is 64.4 cm³/mol. The molecule has 0 saturated heterocycles. The summed E-state index contributed by atoms with van der Waals surface area (Å²) in [5.41, 5.74) is 4.37. The highest BCUT2D eigenvalue weighted by molar-refractivity contribution is 5.96. The lowest BCUT2D eigenvalue weighted by Crippen LogP contribution is -2.24. The molecule has 20 heavy (non-hydrogen) atoms. The number of primary amides is 1. The number of alkyl halides is 3. The summed E-state index contributed by atoms with van der Waals surface area (Å²) in [5, 5.41) is -0.0782. The van der Waals surface area contributed by atoms with Gasteiger partial charge in [-0.3, -0.25) is 9.59 Å². The molecule has 0 aliphatic carbocycles. The molecular formula is C12H9F3N2O3. The van der Waals surface area contributed by atoms with Gasteiger partial charge in [-0.1, -0.05) is 0 Å². The first-order valence-electron chi connectivity index (χ1n) is 5.38. The fourth-order valence-corrected chi connectivity index (χ4v) is 1.84. The van der Waals surface area contributed by atoms with Gasteiger partial charge in [0.25, 0.3) is 5.91 Å². The number of halogens is 3. The molecule has 0 atom stereocenters. The second-order valence-electron chi connectivity index (χ2n) is 4.07. The molecule has 5 nitrogen and oxygen atoms in total. The van der Waals surface area contributed by atoms with Crippen LogP contribution in [0.3, 0.4) is 0 Å². The summed E-state index contributed by atoms with van der Waals surface area (Å²) >= 11 is 0. The predicted octanol–water partition coefficient (Wildman–Crippen LogP) is 1.54. The van der Waals surface area contributed by atoms with Crippen molar-refractivity contribution in [2.75, 3.05) is 0 Å². The fourth-order valence-electron chi connectivity index (χ4n) is 1.84. The number of carbonyl (C=O) groups excluding carboxylic acids is 1. The van der Waals surface area contributed by atoms with Gasteiger partial charge in [0, 0.05) is 13.2 Å². The molecule has 1 aromatic heterocycles. The summed E-state index contributed by atoms with van der Waals surface area (Å²) in [7, 11) is 1.54. The molecule has 0 fully saturated rings. The van der Waals surface area contributed by atoms with Crippen LogP contribution >= 0.6 is 0 Å². The highest BCUT2D eigenvalue weighted by Crippen LogP contribution is 2.25. The molecule has 2 aromatic rings. The maximum absolute atomic E-state index is 12.1. The molecule has 1 heterocycles. The van der Waals surface area contributed by atoms with Gasteiger partial charge >= 0.3 is 6.36 Å². The Bertz CT molecular complexity index is 750. The average Bonchev–Trinajstić information content (AvgIpc) is 2.31. The van der Waals surface area contributed by atoms with E-state index in [2.05, 4.69) is 4.74 Å². The first-order valence-corrected chi connectivity index (χ1v) is 5.38. The van der Waals surface area contributed by atoms with Crippen molar-refractivity contribution in [1.29, 1.82) is 0 Å². The van der Waals surface area contributed by atoms with Crippen molar-refractivity contribution >= 4 is 16.8 Å². The Morgan fingerprint density at radius 1 is 1.35 bits per heavy atom. The van der Waals surface area contributed by atoms with Crippen LogP contribution in [0.5, 0.6) is 5.75 Å². The van der Waals surface area contributed by atoms with Crippen LogP contribution in [0.4, 0.5) is 13.2 Å².